The Bertz CT molecular complexity index is 625. The first kappa shape index (κ1) is 14.4. The summed E-state index contributed by atoms with van der Waals surface area (Å²) in [5.41, 5.74) is 5.12. The molecule has 1 fully saturated rings. The van der Waals surface area contributed by atoms with Gasteiger partial charge in [-0.3, -0.25) is 4.98 Å². The Balaban J connectivity index is 2.19. The molecule has 0 atom stereocenters. The first-order valence-electron chi connectivity index (χ1n) is 8.38. The zero-order chi connectivity index (χ0) is 14.8. The molecule has 112 valence electrons. The molecule has 0 saturated heterocycles. The second-order valence-corrected chi connectivity index (χ2v) is 6.50. The Labute approximate surface area is 128 Å². The predicted octanol–water partition coefficient (Wildman–Crippen LogP) is 5.45. The van der Waals surface area contributed by atoms with Crippen LogP contribution in [0.2, 0.25) is 0 Å². The third kappa shape index (κ3) is 2.76. The van der Waals surface area contributed by atoms with Crippen LogP contribution in [-0.2, 0) is 0 Å². The molecule has 0 bridgehead atoms. The summed E-state index contributed by atoms with van der Waals surface area (Å²) in [7, 11) is 0. The van der Waals surface area contributed by atoms with E-state index < -0.39 is 0 Å². The molecule has 1 aliphatic carbocycles. The highest BCUT2D eigenvalue weighted by Gasteiger charge is 2.20. The van der Waals surface area contributed by atoms with Gasteiger partial charge in [-0.2, -0.15) is 0 Å². The number of fused-ring (bicyclic) bond motifs is 1. The average Bonchev–Trinajstić information content (AvgIpc) is 3.01. The lowest BCUT2D eigenvalue weighted by Gasteiger charge is -2.17. The number of rotatable bonds is 4. The first-order valence-corrected chi connectivity index (χ1v) is 8.38. The van der Waals surface area contributed by atoms with Crippen molar-refractivity contribution in [3.8, 4) is 0 Å². The molecular formula is C19H26N2. The fourth-order valence-corrected chi connectivity index (χ4v) is 3.52. The van der Waals surface area contributed by atoms with Crippen LogP contribution < -0.4 is 5.32 Å². The first-order chi connectivity index (χ1) is 10.2. The van der Waals surface area contributed by atoms with E-state index >= 15 is 0 Å². The van der Waals surface area contributed by atoms with Crippen molar-refractivity contribution in [1.82, 2.24) is 4.98 Å². The molecular weight excluding hydrogens is 256 g/mol. The Morgan fingerprint density at radius 1 is 1.24 bits per heavy atom. The van der Waals surface area contributed by atoms with Crippen LogP contribution in [0.15, 0.2) is 24.3 Å². The Kier molecular flexibility index (Phi) is 4.14. The molecule has 1 aliphatic rings. The molecule has 0 unspecified atom stereocenters. The summed E-state index contributed by atoms with van der Waals surface area (Å²) in [5.74, 6) is 1.17. The molecule has 2 aromatic rings. The molecule has 21 heavy (non-hydrogen) atoms. The number of anilines is 1. The molecule has 1 saturated carbocycles. The molecule has 1 aromatic carbocycles. The van der Waals surface area contributed by atoms with Crippen LogP contribution in [0, 0.1) is 0 Å². The molecule has 0 aliphatic heterocycles. The van der Waals surface area contributed by atoms with E-state index in [1.807, 2.05) is 0 Å². The highest BCUT2D eigenvalue weighted by atomic mass is 14.9. The molecule has 0 radical (unpaired) electrons. The molecule has 2 nitrogen and oxygen atoms in total. The van der Waals surface area contributed by atoms with Crippen LogP contribution in [-0.4, -0.2) is 11.5 Å². The minimum absolute atomic E-state index is 0.509. The van der Waals surface area contributed by atoms with Gasteiger partial charge in [-0.05, 0) is 37.3 Å². The summed E-state index contributed by atoms with van der Waals surface area (Å²) in [6, 6.07) is 8.89. The van der Waals surface area contributed by atoms with E-state index in [0.717, 1.165) is 6.54 Å². The van der Waals surface area contributed by atoms with Crippen LogP contribution in [0.25, 0.3) is 10.9 Å². The van der Waals surface area contributed by atoms with Crippen molar-refractivity contribution in [2.24, 2.45) is 0 Å². The van der Waals surface area contributed by atoms with E-state index in [1.165, 1.54) is 53.5 Å². The smallest absolute Gasteiger partial charge is 0.0760 e. The van der Waals surface area contributed by atoms with E-state index in [4.69, 9.17) is 4.98 Å². The maximum absolute atomic E-state index is 5.08. The number of aromatic nitrogens is 1. The standard InChI is InChI=1S/C19H26N2/c1-4-20-18-12-17(14-8-5-6-9-14)21-19-15(13(2)3)10-7-11-16(18)19/h7,10-14H,4-6,8-9H2,1-3H3,(H,20,21). The van der Waals surface area contributed by atoms with E-state index in [0.29, 0.717) is 11.8 Å². The Morgan fingerprint density at radius 3 is 2.67 bits per heavy atom. The highest BCUT2D eigenvalue weighted by Crippen LogP contribution is 2.37. The maximum atomic E-state index is 5.08. The fourth-order valence-electron chi connectivity index (χ4n) is 3.52. The second kappa shape index (κ2) is 6.05. The zero-order valence-electron chi connectivity index (χ0n) is 13.4. The summed E-state index contributed by atoms with van der Waals surface area (Å²) < 4.78 is 0. The minimum atomic E-state index is 0.509. The fraction of sp³-hybridized carbons (Fsp3) is 0.526. The van der Waals surface area contributed by atoms with Gasteiger partial charge in [0.15, 0.2) is 0 Å². The number of nitrogens with one attached hydrogen (secondary N) is 1. The average molecular weight is 282 g/mol. The van der Waals surface area contributed by atoms with Crippen molar-refractivity contribution in [1.29, 1.82) is 0 Å². The van der Waals surface area contributed by atoms with Gasteiger partial charge < -0.3 is 5.32 Å². The number of hydrogen-bond acceptors (Lipinski definition) is 2. The monoisotopic (exact) mass is 282 g/mol. The predicted molar refractivity (Wildman–Crippen MR) is 91.2 cm³/mol. The normalized spacial score (nSPS) is 16.0. The molecule has 0 spiro atoms. The van der Waals surface area contributed by atoms with Crippen molar-refractivity contribution in [3.05, 3.63) is 35.5 Å². The highest BCUT2D eigenvalue weighted by molar-refractivity contribution is 5.93. The summed E-state index contributed by atoms with van der Waals surface area (Å²) in [5, 5.41) is 4.81. The van der Waals surface area contributed by atoms with Gasteiger partial charge in [-0.15, -0.1) is 0 Å². The van der Waals surface area contributed by atoms with Gasteiger partial charge in [0.2, 0.25) is 0 Å². The van der Waals surface area contributed by atoms with Gasteiger partial charge >= 0.3 is 0 Å². The Morgan fingerprint density at radius 2 is 2.00 bits per heavy atom. The van der Waals surface area contributed by atoms with Crippen molar-refractivity contribution >= 4 is 16.6 Å². The molecule has 3 rings (SSSR count). The van der Waals surface area contributed by atoms with Crippen LogP contribution in [0.1, 0.15) is 69.5 Å². The third-order valence-electron chi connectivity index (χ3n) is 4.65. The number of hydrogen-bond donors (Lipinski definition) is 1. The van der Waals surface area contributed by atoms with Gasteiger partial charge in [0.1, 0.15) is 0 Å². The van der Waals surface area contributed by atoms with E-state index in [2.05, 4.69) is 50.4 Å². The lowest BCUT2D eigenvalue weighted by molar-refractivity contribution is 0.700. The zero-order valence-corrected chi connectivity index (χ0v) is 13.4. The quantitative estimate of drug-likeness (QED) is 0.806. The summed E-state index contributed by atoms with van der Waals surface area (Å²) in [6.07, 6.45) is 5.31. The lowest BCUT2D eigenvalue weighted by atomic mass is 9.96. The molecule has 1 aromatic heterocycles. The van der Waals surface area contributed by atoms with Crippen LogP contribution in [0.3, 0.4) is 0 Å². The molecule has 1 heterocycles. The topological polar surface area (TPSA) is 24.9 Å². The van der Waals surface area contributed by atoms with Crippen LogP contribution >= 0.6 is 0 Å². The van der Waals surface area contributed by atoms with Gasteiger partial charge in [-0.1, -0.05) is 44.9 Å². The van der Waals surface area contributed by atoms with Crippen molar-refractivity contribution < 1.29 is 0 Å². The number of pyridine rings is 1. The van der Waals surface area contributed by atoms with Crippen molar-refractivity contribution in [3.63, 3.8) is 0 Å². The third-order valence-corrected chi connectivity index (χ3v) is 4.65. The van der Waals surface area contributed by atoms with Gasteiger partial charge in [0.25, 0.3) is 0 Å². The van der Waals surface area contributed by atoms with E-state index in [9.17, 15) is 0 Å². The Hall–Kier alpha value is -1.57. The second-order valence-electron chi connectivity index (χ2n) is 6.50. The van der Waals surface area contributed by atoms with Crippen LogP contribution in [0.5, 0.6) is 0 Å². The largest absolute Gasteiger partial charge is 0.385 e. The van der Waals surface area contributed by atoms with Crippen molar-refractivity contribution in [2.45, 2.75) is 58.3 Å². The summed E-state index contributed by atoms with van der Waals surface area (Å²) in [4.78, 5) is 5.08. The minimum Gasteiger partial charge on any atom is -0.385 e. The van der Waals surface area contributed by atoms with E-state index in [-0.39, 0.29) is 0 Å². The lowest BCUT2D eigenvalue weighted by Crippen LogP contribution is -2.04. The maximum Gasteiger partial charge on any atom is 0.0760 e. The molecule has 0 amide bonds. The number of benzene rings is 1. The summed E-state index contributed by atoms with van der Waals surface area (Å²) >= 11 is 0. The molecule has 2 heteroatoms. The van der Waals surface area contributed by atoms with Gasteiger partial charge in [0.05, 0.1) is 5.52 Å². The van der Waals surface area contributed by atoms with Gasteiger partial charge in [-0.25, -0.2) is 0 Å². The number of para-hydroxylation sites is 1. The van der Waals surface area contributed by atoms with E-state index in [1.54, 1.807) is 0 Å². The number of nitrogens with zero attached hydrogens (tertiary/aromatic N) is 1. The SMILES string of the molecule is CCNc1cc(C2CCCC2)nc2c(C(C)C)cccc12. The van der Waals surface area contributed by atoms with Crippen LogP contribution in [0.4, 0.5) is 5.69 Å². The molecule has 1 N–H and O–H groups in total. The van der Waals surface area contributed by atoms with Gasteiger partial charge in [0, 0.05) is 29.2 Å². The summed E-state index contributed by atoms with van der Waals surface area (Å²) in [6.45, 7) is 7.63. The van der Waals surface area contributed by atoms with Crippen molar-refractivity contribution in [2.75, 3.05) is 11.9 Å².